The van der Waals surface area contributed by atoms with Gasteiger partial charge in [-0.2, -0.15) is 5.10 Å². The fourth-order valence-corrected chi connectivity index (χ4v) is 4.42. The van der Waals surface area contributed by atoms with E-state index in [1.54, 1.807) is 0 Å². The highest BCUT2D eigenvalue weighted by Gasteiger charge is 2.33. The Hall–Kier alpha value is -0.870. The minimum Gasteiger partial charge on any atom is -0.300 e. The number of nitrogens with one attached hydrogen (secondary N) is 1. The van der Waals surface area contributed by atoms with Crippen LogP contribution in [0.3, 0.4) is 0 Å². The zero-order chi connectivity index (χ0) is 15.4. The number of H-pyrrole nitrogens is 1. The average Bonchev–Trinajstić information content (AvgIpc) is 2.95. The topological polar surface area (TPSA) is 35.2 Å². The van der Waals surface area contributed by atoms with Gasteiger partial charge in [-0.05, 0) is 64.2 Å². The maximum Gasteiger partial charge on any atom is 0.0625 e. The zero-order valence-electron chi connectivity index (χ0n) is 14.4. The maximum atomic E-state index is 4.41. The molecule has 22 heavy (non-hydrogen) atoms. The molecule has 4 heteroatoms. The molecular formula is C18H32N4. The second-order valence-electron chi connectivity index (χ2n) is 7.33. The third-order valence-electron chi connectivity index (χ3n) is 5.41. The molecule has 2 saturated heterocycles. The van der Waals surface area contributed by atoms with Gasteiger partial charge in [0.25, 0.3) is 0 Å². The average molecular weight is 304 g/mol. The molecule has 1 aromatic rings. The second-order valence-corrected chi connectivity index (χ2v) is 7.33. The molecule has 1 N–H and O–H groups in total. The molecule has 3 heterocycles. The summed E-state index contributed by atoms with van der Waals surface area (Å²) in [6, 6.07) is 3.09. The van der Waals surface area contributed by atoms with Gasteiger partial charge < -0.3 is 9.80 Å². The van der Waals surface area contributed by atoms with Crippen LogP contribution in [0.15, 0.2) is 6.07 Å². The first-order chi connectivity index (χ1) is 10.8. The van der Waals surface area contributed by atoms with Crippen LogP contribution < -0.4 is 0 Å². The first kappa shape index (κ1) is 16.0. The summed E-state index contributed by atoms with van der Waals surface area (Å²) in [6.07, 6.45) is 9.31. The van der Waals surface area contributed by atoms with Crippen molar-refractivity contribution < 1.29 is 0 Å². The second kappa shape index (κ2) is 7.60. The highest BCUT2D eigenvalue weighted by Crippen LogP contribution is 2.31. The molecule has 0 amide bonds. The molecule has 0 saturated carbocycles. The molecule has 0 unspecified atom stereocenters. The summed E-state index contributed by atoms with van der Waals surface area (Å²) in [5, 5.41) is 7.62. The Bertz CT molecular complexity index is 454. The molecule has 0 bridgehead atoms. The van der Waals surface area contributed by atoms with Crippen LogP contribution in [0, 0.1) is 5.92 Å². The largest absolute Gasteiger partial charge is 0.300 e. The van der Waals surface area contributed by atoms with Crippen molar-refractivity contribution >= 4 is 0 Å². The van der Waals surface area contributed by atoms with E-state index < -0.39 is 0 Å². The predicted octanol–water partition coefficient (Wildman–Crippen LogP) is 3.06. The SMILES string of the molecule is CCCc1cc(CN(C)C[C@@H]2CCCN3CCCC[C@H]23)[nH]n1. The molecule has 2 aliphatic rings. The van der Waals surface area contributed by atoms with Gasteiger partial charge in [0.2, 0.25) is 0 Å². The van der Waals surface area contributed by atoms with Gasteiger partial charge in [-0.15, -0.1) is 0 Å². The van der Waals surface area contributed by atoms with Crippen molar-refractivity contribution in [2.24, 2.45) is 5.92 Å². The first-order valence-corrected chi connectivity index (χ1v) is 9.22. The smallest absolute Gasteiger partial charge is 0.0625 e. The van der Waals surface area contributed by atoms with Gasteiger partial charge in [0, 0.05) is 24.8 Å². The van der Waals surface area contributed by atoms with Gasteiger partial charge in [0.1, 0.15) is 0 Å². The predicted molar refractivity (Wildman–Crippen MR) is 90.9 cm³/mol. The Morgan fingerprint density at radius 2 is 2.14 bits per heavy atom. The van der Waals surface area contributed by atoms with Crippen molar-refractivity contribution in [1.29, 1.82) is 0 Å². The molecule has 124 valence electrons. The van der Waals surface area contributed by atoms with E-state index in [4.69, 9.17) is 0 Å². The van der Waals surface area contributed by atoms with Gasteiger partial charge in [-0.25, -0.2) is 0 Å². The number of nitrogens with zero attached hydrogens (tertiary/aromatic N) is 3. The third-order valence-corrected chi connectivity index (χ3v) is 5.41. The molecule has 4 nitrogen and oxygen atoms in total. The van der Waals surface area contributed by atoms with Crippen LogP contribution in [-0.4, -0.2) is 52.7 Å². The summed E-state index contributed by atoms with van der Waals surface area (Å²) in [7, 11) is 2.27. The van der Waals surface area contributed by atoms with Gasteiger partial charge in [0.15, 0.2) is 0 Å². The summed E-state index contributed by atoms with van der Waals surface area (Å²) < 4.78 is 0. The number of aromatic nitrogens is 2. The van der Waals surface area contributed by atoms with Crippen molar-refractivity contribution in [1.82, 2.24) is 20.0 Å². The van der Waals surface area contributed by atoms with E-state index in [9.17, 15) is 0 Å². The summed E-state index contributed by atoms with van der Waals surface area (Å²) in [6.45, 7) is 7.11. The summed E-state index contributed by atoms with van der Waals surface area (Å²) in [5.41, 5.74) is 2.48. The van der Waals surface area contributed by atoms with Crippen molar-refractivity contribution in [3.05, 3.63) is 17.5 Å². The van der Waals surface area contributed by atoms with E-state index in [-0.39, 0.29) is 0 Å². The maximum absolute atomic E-state index is 4.41. The molecule has 3 rings (SSSR count). The molecular weight excluding hydrogens is 272 g/mol. The van der Waals surface area contributed by atoms with Crippen LogP contribution in [0.1, 0.15) is 56.8 Å². The molecule has 1 aromatic heterocycles. The summed E-state index contributed by atoms with van der Waals surface area (Å²) in [4.78, 5) is 5.26. The normalized spacial score (nSPS) is 26.3. The van der Waals surface area contributed by atoms with E-state index in [1.807, 2.05) is 0 Å². The Balaban J connectivity index is 1.52. The van der Waals surface area contributed by atoms with E-state index in [0.29, 0.717) is 0 Å². The Labute approximate surface area is 135 Å². The Morgan fingerprint density at radius 3 is 3.00 bits per heavy atom. The van der Waals surface area contributed by atoms with Crippen LogP contribution in [0.4, 0.5) is 0 Å². The van der Waals surface area contributed by atoms with Crippen LogP contribution in [0.2, 0.25) is 0 Å². The monoisotopic (exact) mass is 304 g/mol. The number of aryl methyl sites for hydroxylation is 1. The fraction of sp³-hybridized carbons (Fsp3) is 0.833. The molecule has 2 fully saturated rings. The van der Waals surface area contributed by atoms with Gasteiger partial charge in [-0.1, -0.05) is 19.8 Å². The van der Waals surface area contributed by atoms with Crippen LogP contribution in [-0.2, 0) is 13.0 Å². The van der Waals surface area contributed by atoms with Crippen molar-refractivity contribution in [3.8, 4) is 0 Å². The highest BCUT2D eigenvalue weighted by molar-refractivity contribution is 5.08. The van der Waals surface area contributed by atoms with E-state index in [1.165, 1.54) is 69.5 Å². The number of hydrogen-bond donors (Lipinski definition) is 1. The van der Waals surface area contributed by atoms with Gasteiger partial charge >= 0.3 is 0 Å². The van der Waals surface area contributed by atoms with Crippen molar-refractivity contribution in [3.63, 3.8) is 0 Å². The van der Waals surface area contributed by atoms with Gasteiger partial charge in [-0.3, -0.25) is 5.10 Å². The lowest BCUT2D eigenvalue weighted by Crippen LogP contribution is -2.50. The van der Waals surface area contributed by atoms with Crippen molar-refractivity contribution in [2.45, 2.75) is 64.5 Å². The molecule has 0 aromatic carbocycles. The molecule has 0 spiro atoms. The first-order valence-electron chi connectivity index (χ1n) is 9.22. The molecule has 0 radical (unpaired) electrons. The third kappa shape index (κ3) is 3.90. The van der Waals surface area contributed by atoms with E-state index >= 15 is 0 Å². The van der Waals surface area contributed by atoms with Crippen molar-refractivity contribution in [2.75, 3.05) is 26.7 Å². The van der Waals surface area contributed by atoms with Gasteiger partial charge in [0.05, 0.1) is 5.69 Å². The van der Waals surface area contributed by atoms with Crippen LogP contribution in [0.25, 0.3) is 0 Å². The number of fused-ring (bicyclic) bond motifs is 1. The fourth-order valence-electron chi connectivity index (χ4n) is 4.42. The standard InChI is InChI=1S/C18H32N4/c1-3-7-16-12-17(20-19-16)14-21(2)13-15-8-6-11-22-10-5-4-9-18(15)22/h12,15,18H,3-11,13-14H2,1-2H3,(H,19,20)/t15-,18+/m0/s1. The van der Waals surface area contributed by atoms with Crippen LogP contribution >= 0.6 is 0 Å². The zero-order valence-corrected chi connectivity index (χ0v) is 14.4. The lowest BCUT2D eigenvalue weighted by molar-refractivity contribution is 0.0433. The minimum absolute atomic E-state index is 0.849. The Kier molecular flexibility index (Phi) is 5.53. The Morgan fingerprint density at radius 1 is 1.27 bits per heavy atom. The molecule has 0 aliphatic carbocycles. The number of hydrogen-bond acceptors (Lipinski definition) is 3. The highest BCUT2D eigenvalue weighted by atomic mass is 15.2. The molecule has 2 aliphatic heterocycles. The number of rotatable bonds is 6. The lowest BCUT2D eigenvalue weighted by atomic mass is 9.83. The number of piperidine rings is 2. The van der Waals surface area contributed by atoms with Crippen LogP contribution in [0.5, 0.6) is 0 Å². The number of aromatic amines is 1. The summed E-state index contributed by atoms with van der Waals surface area (Å²) in [5.74, 6) is 0.858. The van der Waals surface area contributed by atoms with E-state index in [0.717, 1.165) is 24.9 Å². The van der Waals surface area contributed by atoms with E-state index in [2.05, 4.69) is 40.0 Å². The quantitative estimate of drug-likeness (QED) is 0.877. The lowest BCUT2D eigenvalue weighted by Gasteiger charge is -2.45. The minimum atomic E-state index is 0.849. The molecule has 2 atom stereocenters. The summed E-state index contributed by atoms with van der Waals surface area (Å²) >= 11 is 0.